The summed E-state index contributed by atoms with van der Waals surface area (Å²) in [6, 6.07) is 12.5. The number of esters is 1. The molecule has 1 aliphatic carbocycles. The lowest BCUT2D eigenvalue weighted by Crippen LogP contribution is -2.57. The second-order valence-electron chi connectivity index (χ2n) is 11.7. The predicted molar refractivity (Wildman–Crippen MR) is 183 cm³/mol. The molecule has 4 atom stereocenters. The van der Waals surface area contributed by atoms with Crippen LogP contribution in [0.2, 0.25) is 0 Å². The number of hydrogen-bond acceptors (Lipinski definition) is 8. The van der Waals surface area contributed by atoms with Crippen molar-refractivity contribution in [1.82, 2.24) is 16.0 Å². The van der Waals surface area contributed by atoms with Crippen molar-refractivity contribution in [1.29, 1.82) is 0 Å². The van der Waals surface area contributed by atoms with Crippen LogP contribution in [-0.2, 0) is 28.7 Å². The number of fused-ring (bicyclic) bond motifs is 3. The zero-order valence-electron chi connectivity index (χ0n) is 28.0. The Morgan fingerprint density at radius 1 is 0.918 bits per heavy atom. The fraction of sp³-hybridized carbons (Fsp3) is 0.429. The number of carbonyl (C=O) groups excluding carboxylic acids is 4. The molecule has 1 unspecified atom stereocenters. The Morgan fingerprint density at radius 3 is 2.12 bits per heavy atom. The minimum Gasteiger partial charge on any atom is -0.481 e. The van der Waals surface area contributed by atoms with E-state index >= 15 is 0 Å². The third kappa shape index (κ3) is 11.4. The lowest BCUT2D eigenvalue weighted by Gasteiger charge is -2.27. The van der Waals surface area contributed by atoms with Crippen LogP contribution >= 0.6 is 0 Å². The van der Waals surface area contributed by atoms with E-state index in [-0.39, 0.29) is 44.0 Å². The first-order valence-electron chi connectivity index (χ1n) is 16.3. The first-order chi connectivity index (χ1) is 23.4. The number of aliphatic carboxylic acids is 1. The first-order valence-corrected chi connectivity index (χ1v) is 16.3. The molecule has 264 valence electrons. The van der Waals surface area contributed by atoms with Crippen LogP contribution in [0.4, 0.5) is 4.79 Å². The molecule has 8 N–H and O–H groups in total. The van der Waals surface area contributed by atoms with E-state index in [0.717, 1.165) is 28.3 Å². The molecule has 0 heterocycles. The van der Waals surface area contributed by atoms with Gasteiger partial charge in [0.05, 0.1) is 19.1 Å². The van der Waals surface area contributed by atoms with Crippen LogP contribution in [0.25, 0.3) is 11.1 Å². The fourth-order valence-corrected chi connectivity index (χ4v) is 5.52. The maximum atomic E-state index is 13.7. The number of carboxylic acids is 1. The molecule has 0 aromatic heterocycles. The highest BCUT2D eigenvalue weighted by Gasteiger charge is 2.32. The zero-order valence-corrected chi connectivity index (χ0v) is 28.0. The second-order valence-corrected chi connectivity index (χ2v) is 11.7. The van der Waals surface area contributed by atoms with Gasteiger partial charge in [-0.25, -0.2) is 9.59 Å². The largest absolute Gasteiger partial charge is 0.481 e. The number of ether oxygens (including phenoxy) is 2. The first kappa shape index (κ1) is 38.1. The van der Waals surface area contributed by atoms with Crippen molar-refractivity contribution in [3.63, 3.8) is 0 Å². The van der Waals surface area contributed by atoms with Gasteiger partial charge in [-0.1, -0.05) is 74.9 Å². The minimum atomic E-state index is -1.21. The Labute approximate surface area is 285 Å². The van der Waals surface area contributed by atoms with Crippen LogP contribution in [0.3, 0.4) is 0 Å². The van der Waals surface area contributed by atoms with Gasteiger partial charge in [0, 0.05) is 18.5 Å². The molecule has 1 aliphatic rings. The molecular weight excluding hydrogens is 632 g/mol. The van der Waals surface area contributed by atoms with Gasteiger partial charge in [0.2, 0.25) is 11.8 Å². The van der Waals surface area contributed by atoms with E-state index in [1.807, 2.05) is 55.5 Å². The standard InChI is InChI=1S/C35H46N6O8/c1-4-21(3)31(33(46)39-22(19-29(42)43)16-17-30(44)48-5-2)41-32(45)28(15-10-18-38-34(36)37)40-35(47)49-20-27-25-13-8-6-11-23(25)24-12-7-9-14-26(24)27/h6-9,11-14,16-17,21-22,27-28,31H,4-5,10,15,18-20H2,1-3H3,(H,39,46)(H,40,47)(H,41,45)(H,42,43)(H4,36,37,38)/b17-16+/t21?,22-,28+,31+/m1/s1. The molecule has 0 bridgehead atoms. The summed E-state index contributed by atoms with van der Waals surface area (Å²) in [5.74, 6) is -3.93. The lowest BCUT2D eigenvalue weighted by atomic mass is 9.97. The number of nitrogens with zero attached hydrogens (tertiary/aromatic N) is 1. The Balaban J connectivity index is 1.74. The molecule has 2 aromatic carbocycles. The number of aliphatic imine (C=N–C) groups is 1. The number of amides is 3. The van der Waals surface area contributed by atoms with Crippen molar-refractivity contribution in [2.45, 2.75) is 70.5 Å². The topological polar surface area (TPSA) is 225 Å². The fourth-order valence-electron chi connectivity index (χ4n) is 5.52. The molecular formula is C35H46N6O8. The normalized spacial score (nSPS) is 14.3. The van der Waals surface area contributed by atoms with E-state index in [1.54, 1.807) is 13.8 Å². The summed E-state index contributed by atoms with van der Waals surface area (Å²) in [7, 11) is 0. The highest BCUT2D eigenvalue weighted by atomic mass is 16.5. The number of hydrogen-bond donors (Lipinski definition) is 6. The minimum absolute atomic E-state index is 0.0321. The van der Waals surface area contributed by atoms with Gasteiger partial charge in [-0.05, 0) is 47.9 Å². The third-order valence-electron chi connectivity index (χ3n) is 8.16. The maximum Gasteiger partial charge on any atom is 0.407 e. The van der Waals surface area contributed by atoms with Gasteiger partial charge in [0.25, 0.3) is 0 Å². The average molecular weight is 679 g/mol. The van der Waals surface area contributed by atoms with Crippen LogP contribution in [-0.4, -0.2) is 78.8 Å². The van der Waals surface area contributed by atoms with Gasteiger partial charge in [0.15, 0.2) is 5.96 Å². The summed E-state index contributed by atoms with van der Waals surface area (Å²) >= 11 is 0. The van der Waals surface area contributed by atoms with Crippen LogP contribution in [0.1, 0.15) is 63.5 Å². The van der Waals surface area contributed by atoms with Crippen molar-refractivity contribution >= 4 is 35.8 Å². The molecule has 0 fully saturated rings. The molecule has 14 heteroatoms. The number of nitrogens with two attached hydrogens (primary N) is 2. The number of carboxylic acid groups (broad SMARTS) is 1. The predicted octanol–water partition coefficient (Wildman–Crippen LogP) is 2.56. The highest BCUT2D eigenvalue weighted by Crippen LogP contribution is 2.44. The van der Waals surface area contributed by atoms with E-state index in [2.05, 4.69) is 20.9 Å². The monoisotopic (exact) mass is 678 g/mol. The van der Waals surface area contributed by atoms with E-state index in [1.165, 1.54) is 6.08 Å². The highest BCUT2D eigenvalue weighted by molar-refractivity contribution is 5.92. The van der Waals surface area contributed by atoms with E-state index in [0.29, 0.717) is 12.8 Å². The van der Waals surface area contributed by atoms with Crippen LogP contribution in [0.15, 0.2) is 65.7 Å². The Bertz CT molecular complexity index is 1490. The SMILES string of the molecule is CCOC(=O)/C=C/[C@H](CC(=O)O)NC(=O)[C@@H](NC(=O)[C@H](CCCN=C(N)N)NC(=O)OCC1c2ccccc2-c2ccccc21)C(C)CC. The van der Waals surface area contributed by atoms with E-state index in [9.17, 15) is 29.1 Å². The molecule has 49 heavy (non-hydrogen) atoms. The molecule has 0 saturated carbocycles. The second kappa shape index (κ2) is 18.8. The van der Waals surface area contributed by atoms with Crippen molar-refractivity contribution in [2.24, 2.45) is 22.4 Å². The van der Waals surface area contributed by atoms with Crippen molar-refractivity contribution in [3.8, 4) is 11.1 Å². The zero-order chi connectivity index (χ0) is 35.9. The number of alkyl carbamates (subject to hydrolysis) is 1. The lowest BCUT2D eigenvalue weighted by molar-refractivity contribution is -0.139. The van der Waals surface area contributed by atoms with E-state index in [4.69, 9.17) is 20.9 Å². The molecule has 0 aliphatic heterocycles. The van der Waals surface area contributed by atoms with Crippen molar-refractivity contribution in [3.05, 3.63) is 71.8 Å². The Kier molecular flexibility index (Phi) is 14.6. The molecule has 2 aromatic rings. The summed E-state index contributed by atoms with van der Waals surface area (Å²) in [6.07, 6.45) is 1.85. The summed E-state index contributed by atoms with van der Waals surface area (Å²) in [5.41, 5.74) is 15.1. The number of rotatable bonds is 18. The number of guanidine groups is 1. The quantitative estimate of drug-likeness (QED) is 0.0444. The van der Waals surface area contributed by atoms with Crippen molar-refractivity contribution in [2.75, 3.05) is 19.8 Å². The van der Waals surface area contributed by atoms with Crippen LogP contribution in [0, 0.1) is 5.92 Å². The average Bonchev–Trinajstić information content (AvgIpc) is 3.39. The van der Waals surface area contributed by atoms with Gasteiger partial charge in [-0.2, -0.15) is 0 Å². The summed E-state index contributed by atoms with van der Waals surface area (Å²) < 4.78 is 10.5. The Hall–Kier alpha value is -5.40. The molecule has 3 rings (SSSR count). The summed E-state index contributed by atoms with van der Waals surface area (Å²) in [4.78, 5) is 67.5. The molecule has 14 nitrogen and oxygen atoms in total. The molecule has 3 amide bonds. The van der Waals surface area contributed by atoms with Gasteiger partial charge in [-0.3, -0.25) is 19.4 Å². The third-order valence-corrected chi connectivity index (χ3v) is 8.16. The molecule has 0 spiro atoms. The van der Waals surface area contributed by atoms with Crippen LogP contribution in [0.5, 0.6) is 0 Å². The smallest absolute Gasteiger partial charge is 0.407 e. The van der Waals surface area contributed by atoms with Gasteiger partial charge >= 0.3 is 18.0 Å². The maximum absolute atomic E-state index is 13.7. The summed E-state index contributed by atoms with van der Waals surface area (Å²) in [5, 5.41) is 17.3. The number of benzene rings is 2. The van der Waals surface area contributed by atoms with Gasteiger partial charge in [-0.15, -0.1) is 0 Å². The van der Waals surface area contributed by atoms with Crippen LogP contribution < -0.4 is 27.4 Å². The van der Waals surface area contributed by atoms with Gasteiger partial charge in [0.1, 0.15) is 18.7 Å². The molecule has 0 radical (unpaired) electrons. The van der Waals surface area contributed by atoms with Gasteiger partial charge < -0.3 is 42.0 Å². The number of nitrogens with one attached hydrogen (secondary N) is 3. The number of carbonyl (C=O) groups is 5. The summed E-state index contributed by atoms with van der Waals surface area (Å²) in [6.45, 7) is 5.55. The van der Waals surface area contributed by atoms with Crippen molar-refractivity contribution < 1.29 is 38.6 Å². The Morgan fingerprint density at radius 2 is 1.55 bits per heavy atom. The van der Waals surface area contributed by atoms with E-state index < -0.39 is 54.4 Å². The molecule has 0 saturated heterocycles.